The van der Waals surface area contributed by atoms with E-state index in [9.17, 15) is 5.11 Å². The number of hydrogen-bond donors (Lipinski definition) is 1. The highest BCUT2D eigenvalue weighted by Gasteiger charge is 2.49. The number of nitrogens with zero attached hydrogens (tertiary/aromatic N) is 5. The number of aliphatic hydroxyl groups excluding tert-OH is 1. The topological polar surface area (TPSA) is 85.5 Å². The molecular formula is C22H29N5O3. The Morgan fingerprint density at radius 1 is 1.30 bits per heavy atom. The summed E-state index contributed by atoms with van der Waals surface area (Å²) in [7, 11) is 0. The van der Waals surface area contributed by atoms with Crippen molar-refractivity contribution < 1.29 is 14.6 Å². The van der Waals surface area contributed by atoms with Gasteiger partial charge in [-0.2, -0.15) is 0 Å². The fraction of sp³-hybridized carbons (Fsp3) is 0.682. The van der Waals surface area contributed by atoms with Gasteiger partial charge in [0.2, 0.25) is 0 Å². The zero-order chi connectivity index (χ0) is 20.3. The molecule has 0 amide bonds. The molecule has 2 aromatic rings. The first-order valence-electron chi connectivity index (χ1n) is 11.1. The van der Waals surface area contributed by atoms with Gasteiger partial charge in [0.1, 0.15) is 17.1 Å². The van der Waals surface area contributed by atoms with Crippen LogP contribution in [0.2, 0.25) is 0 Å². The summed E-state index contributed by atoms with van der Waals surface area (Å²) in [5.41, 5.74) is 2.95. The molecule has 0 bridgehead atoms. The van der Waals surface area contributed by atoms with Gasteiger partial charge in [0.05, 0.1) is 50.0 Å². The maximum Gasteiger partial charge on any atom is 0.149 e. The molecule has 0 radical (unpaired) electrons. The van der Waals surface area contributed by atoms with Crippen LogP contribution in [0.15, 0.2) is 18.5 Å². The summed E-state index contributed by atoms with van der Waals surface area (Å²) in [5.74, 6) is 0.772. The van der Waals surface area contributed by atoms with Crippen molar-refractivity contribution in [3.05, 3.63) is 18.5 Å². The quantitative estimate of drug-likeness (QED) is 0.748. The first-order valence-corrected chi connectivity index (χ1v) is 11.1. The van der Waals surface area contributed by atoms with Crippen LogP contribution in [0.5, 0.6) is 5.75 Å². The third kappa shape index (κ3) is 3.46. The maximum atomic E-state index is 9.53. The van der Waals surface area contributed by atoms with E-state index in [1.807, 2.05) is 17.1 Å². The molecule has 8 nitrogen and oxygen atoms in total. The van der Waals surface area contributed by atoms with Gasteiger partial charge in [0.15, 0.2) is 0 Å². The van der Waals surface area contributed by atoms with Crippen LogP contribution in [0.4, 0.5) is 5.69 Å². The van der Waals surface area contributed by atoms with E-state index in [4.69, 9.17) is 14.5 Å². The second-order valence-electron chi connectivity index (χ2n) is 10.1. The molecule has 2 saturated carbocycles. The highest BCUT2D eigenvalue weighted by molar-refractivity contribution is 5.66. The molecule has 1 atom stereocenters. The van der Waals surface area contributed by atoms with Crippen LogP contribution in [0.3, 0.4) is 0 Å². The van der Waals surface area contributed by atoms with Crippen LogP contribution in [-0.4, -0.2) is 63.6 Å². The molecule has 2 aliphatic carbocycles. The summed E-state index contributed by atoms with van der Waals surface area (Å²) in [4.78, 5) is 6.94. The van der Waals surface area contributed by atoms with Gasteiger partial charge in [-0.05, 0) is 37.5 Å². The Bertz CT molecular complexity index is 946. The minimum atomic E-state index is -0.0275. The zero-order valence-electron chi connectivity index (χ0n) is 17.5. The van der Waals surface area contributed by atoms with Crippen molar-refractivity contribution in [1.82, 2.24) is 20.0 Å². The lowest BCUT2D eigenvalue weighted by Gasteiger charge is -2.48. The lowest BCUT2D eigenvalue weighted by atomic mass is 9.82. The lowest BCUT2D eigenvalue weighted by molar-refractivity contribution is 0.0889. The normalized spacial score (nSPS) is 26.1. The molecule has 4 aliphatic rings. The Morgan fingerprint density at radius 3 is 2.83 bits per heavy atom. The van der Waals surface area contributed by atoms with E-state index >= 15 is 0 Å². The van der Waals surface area contributed by atoms with E-state index in [-0.39, 0.29) is 24.2 Å². The van der Waals surface area contributed by atoms with Crippen molar-refractivity contribution in [3.63, 3.8) is 0 Å². The van der Waals surface area contributed by atoms with Crippen LogP contribution in [0.1, 0.15) is 39.0 Å². The molecular weight excluding hydrogens is 382 g/mol. The number of pyridine rings is 1. The van der Waals surface area contributed by atoms with Crippen molar-refractivity contribution in [2.75, 3.05) is 31.2 Å². The SMILES string of the molecule is CC1(CO)CN(c2cnc(-c3cn(CC4CC5(CC5)CO4)nn3)c(OC3CC3)c2)C1. The largest absolute Gasteiger partial charge is 0.488 e. The molecule has 6 rings (SSSR count). The Balaban J connectivity index is 1.20. The number of hydrogen-bond acceptors (Lipinski definition) is 7. The van der Waals surface area contributed by atoms with Crippen LogP contribution in [0, 0.1) is 10.8 Å². The highest BCUT2D eigenvalue weighted by atomic mass is 16.5. The maximum absolute atomic E-state index is 9.53. The van der Waals surface area contributed by atoms with Gasteiger partial charge in [-0.25, -0.2) is 9.67 Å². The van der Waals surface area contributed by atoms with Gasteiger partial charge in [-0.1, -0.05) is 12.1 Å². The number of aliphatic hydroxyl groups is 1. The summed E-state index contributed by atoms with van der Waals surface area (Å²) in [6, 6.07) is 2.06. The molecule has 2 aromatic heterocycles. The summed E-state index contributed by atoms with van der Waals surface area (Å²) >= 11 is 0. The molecule has 4 fully saturated rings. The van der Waals surface area contributed by atoms with Crippen LogP contribution in [-0.2, 0) is 11.3 Å². The first kappa shape index (κ1) is 18.6. The van der Waals surface area contributed by atoms with E-state index in [1.54, 1.807) is 0 Å². The number of ether oxygens (including phenoxy) is 2. The monoisotopic (exact) mass is 411 g/mol. The summed E-state index contributed by atoms with van der Waals surface area (Å²) in [6.07, 6.45) is 10.2. The molecule has 8 heteroatoms. The predicted molar refractivity (Wildman–Crippen MR) is 110 cm³/mol. The van der Waals surface area contributed by atoms with Crippen molar-refractivity contribution in [3.8, 4) is 17.1 Å². The van der Waals surface area contributed by atoms with E-state index in [0.29, 0.717) is 5.41 Å². The molecule has 160 valence electrons. The van der Waals surface area contributed by atoms with Gasteiger partial charge in [-0.15, -0.1) is 5.10 Å². The molecule has 1 N–H and O–H groups in total. The van der Waals surface area contributed by atoms with Crippen molar-refractivity contribution in [2.45, 2.75) is 57.8 Å². The minimum Gasteiger partial charge on any atom is -0.488 e. The van der Waals surface area contributed by atoms with E-state index in [1.165, 1.54) is 12.8 Å². The third-order valence-corrected chi connectivity index (χ3v) is 6.96. The second kappa shape index (κ2) is 6.65. The van der Waals surface area contributed by atoms with Gasteiger partial charge >= 0.3 is 0 Å². The molecule has 1 unspecified atom stereocenters. The Labute approximate surface area is 176 Å². The zero-order valence-corrected chi connectivity index (χ0v) is 17.5. The Kier molecular flexibility index (Phi) is 4.12. The summed E-state index contributed by atoms with van der Waals surface area (Å²) < 4.78 is 14.0. The number of anilines is 1. The smallest absolute Gasteiger partial charge is 0.149 e. The summed E-state index contributed by atoms with van der Waals surface area (Å²) in [6.45, 7) is 5.59. The number of rotatable bonds is 7. The second-order valence-corrected chi connectivity index (χ2v) is 10.1. The van der Waals surface area contributed by atoms with E-state index < -0.39 is 0 Å². The predicted octanol–water partition coefficient (Wildman–Crippen LogP) is 2.27. The fourth-order valence-corrected chi connectivity index (χ4v) is 4.66. The molecule has 2 aliphatic heterocycles. The molecule has 0 aromatic carbocycles. The first-order chi connectivity index (χ1) is 14.5. The van der Waals surface area contributed by atoms with E-state index in [0.717, 1.165) is 68.3 Å². The molecule has 4 heterocycles. The van der Waals surface area contributed by atoms with Crippen LogP contribution >= 0.6 is 0 Å². The molecule has 30 heavy (non-hydrogen) atoms. The van der Waals surface area contributed by atoms with Gasteiger partial charge in [0, 0.05) is 24.6 Å². The third-order valence-electron chi connectivity index (χ3n) is 6.96. The fourth-order valence-electron chi connectivity index (χ4n) is 4.66. The minimum absolute atomic E-state index is 0.0275. The lowest BCUT2D eigenvalue weighted by Crippen LogP contribution is -2.56. The van der Waals surface area contributed by atoms with Crippen LogP contribution in [0.25, 0.3) is 11.4 Å². The molecule has 2 saturated heterocycles. The van der Waals surface area contributed by atoms with Gasteiger partial charge < -0.3 is 19.5 Å². The van der Waals surface area contributed by atoms with Gasteiger partial charge in [-0.3, -0.25) is 0 Å². The van der Waals surface area contributed by atoms with Crippen molar-refractivity contribution in [2.24, 2.45) is 10.8 Å². The van der Waals surface area contributed by atoms with Crippen molar-refractivity contribution in [1.29, 1.82) is 0 Å². The molecule has 1 spiro atoms. The summed E-state index contributed by atoms with van der Waals surface area (Å²) in [5, 5.41) is 18.2. The highest BCUT2D eigenvalue weighted by Crippen LogP contribution is 2.54. The Hall–Kier alpha value is -2.19. The van der Waals surface area contributed by atoms with E-state index in [2.05, 4.69) is 28.2 Å². The van der Waals surface area contributed by atoms with Crippen molar-refractivity contribution >= 4 is 5.69 Å². The number of aromatic nitrogens is 4. The van der Waals surface area contributed by atoms with Gasteiger partial charge in [0.25, 0.3) is 0 Å². The standard InChI is InChI=1S/C22H29N5O3/c1-21(13-28)11-26(12-21)15-6-19(30-16-2-3-16)20(23-8-15)18-10-27(25-24-18)9-17-7-22(4-5-22)14-29-17/h6,8,10,16-17,28H,2-5,7,9,11-14H2,1H3. The average Bonchev–Trinajstić information content (AvgIpc) is 3.59. The average molecular weight is 412 g/mol. The van der Waals surface area contributed by atoms with Crippen LogP contribution < -0.4 is 9.64 Å². The Morgan fingerprint density at radius 2 is 2.13 bits per heavy atom.